The maximum atomic E-state index is 12.7. The molecule has 0 fully saturated rings. The first-order valence-corrected chi connectivity index (χ1v) is 9.60. The standard InChI is InChI=1S/C18H14BrN5O2S/c1-10-16(22-23-24(10)12-5-3-4-11(19)8-12)17(25)21-18-20-14-7-6-13(26-2)9-15(14)27-18/h3-9H,1-2H3,(H,20,21,25). The van der Waals surface area contributed by atoms with Gasteiger partial charge >= 0.3 is 0 Å². The van der Waals surface area contributed by atoms with Crippen molar-refractivity contribution in [2.45, 2.75) is 6.92 Å². The zero-order valence-electron chi connectivity index (χ0n) is 14.4. The molecule has 0 aliphatic carbocycles. The van der Waals surface area contributed by atoms with E-state index in [0.29, 0.717) is 10.8 Å². The van der Waals surface area contributed by atoms with Gasteiger partial charge in [-0.05, 0) is 43.3 Å². The quantitative estimate of drug-likeness (QED) is 0.510. The average Bonchev–Trinajstić information content (AvgIpc) is 3.23. The van der Waals surface area contributed by atoms with Crippen LogP contribution in [0.2, 0.25) is 0 Å². The van der Waals surface area contributed by atoms with E-state index in [1.165, 1.54) is 11.3 Å². The highest BCUT2D eigenvalue weighted by molar-refractivity contribution is 9.10. The lowest BCUT2D eigenvalue weighted by atomic mass is 10.3. The summed E-state index contributed by atoms with van der Waals surface area (Å²) in [5, 5.41) is 11.5. The number of carbonyl (C=O) groups excluding carboxylic acids is 1. The molecule has 0 unspecified atom stereocenters. The van der Waals surface area contributed by atoms with E-state index >= 15 is 0 Å². The molecule has 0 aliphatic heterocycles. The Kier molecular flexibility index (Phi) is 4.63. The SMILES string of the molecule is COc1ccc2nc(NC(=O)c3nnn(-c4cccc(Br)c4)c3C)sc2c1. The van der Waals surface area contributed by atoms with Crippen molar-refractivity contribution in [2.75, 3.05) is 12.4 Å². The van der Waals surface area contributed by atoms with E-state index in [2.05, 4.69) is 36.5 Å². The summed E-state index contributed by atoms with van der Waals surface area (Å²) in [4.78, 5) is 17.1. The Balaban J connectivity index is 1.60. The molecule has 0 spiro atoms. The summed E-state index contributed by atoms with van der Waals surface area (Å²) in [5.74, 6) is 0.400. The summed E-state index contributed by atoms with van der Waals surface area (Å²) in [5.41, 5.74) is 2.52. The molecule has 0 aliphatic rings. The molecule has 0 radical (unpaired) electrons. The second kappa shape index (κ2) is 7.09. The number of thiazole rings is 1. The molecule has 0 bridgehead atoms. The minimum atomic E-state index is -0.347. The fourth-order valence-corrected chi connectivity index (χ4v) is 3.91. The molecule has 2 aromatic heterocycles. The number of aromatic nitrogens is 4. The van der Waals surface area contributed by atoms with Crippen LogP contribution < -0.4 is 10.1 Å². The summed E-state index contributed by atoms with van der Waals surface area (Å²) in [6.45, 7) is 1.80. The van der Waals surface area contributed by atoms with Crippen molar-refractivity contribution >= 4 is 48.5 Å². The third-order valence-corrected chi connectivity index (χ3v) is 5.41. The fraction of sp³-hybridized carbons (Fsp3) is 0.111. The second-order valence-electron chi connectivity index (χ2n) is 5.72. The Bertz CT molecular complexity index is 1150. The Hall–Kier alpha value is -2.78. The largest absolute Gasteiger partial charge is 0.497 e. The molecule has 4 rings (SSSR count). The van der Waals surface area contributed by atoms with Crippen LogP contribution in [0.25, 0.3) is 15.9 Å². The highest BCUT2D eigenvalue weighted by atomic mass is 79.9. The third-order valence-electron chi connectivity index (χ3n) is 3.98. The van der Waals surface area contributed by atoms with Gasteiger partial charge in [-0.2, -0.15) is 0 Å². The number of halogens is 1. The van der Waals surface area contributed by atoms with Crippen LogP contribution in [0.3, 0.4) is 0 Å². The van der Waals surface area contributed by atoms with Crippen LogP contribution >= 0.6 is 27.3 Å². The van der Waals surface area contributed by atoms with Gasteiger partial charge < -0.3 is 4.74 Å². The van der Waals surface area contributed by atoms with Crippen LogP contribution in [-0.2, 0) is 0 Å². The first-order valence-electron chi connectivity index (χ1n) is 7.99. The van der Waals surface area contributed by atoms with E-state index in [4.69, 9.17) is 4.74 Å². The molecular formula is C18H14BrN5O2S. The lowest BCUT2D eigenvalue weighted by molar-refractivity contribution is 0.102. The summed E-state index contributed by atoms with van der Waals surface area (Å²) in [7, 11) is 1.61. The van der Waals surface area contributed by atoms with Crippen LogP contribution in [0.1, 0.15) is 16.2 Å². The topological polar surface area (TPSA) is 81.9 Å². The Morgan fingerprint density at radius 3 is 2.89 bits per heavy atom. The van der Waals surface area contributed by atoms with E-state index in [-0.39, 0.29) is 11.6 Å². The van der Waals surface area contributed by atoms with E-state index in [0.717, 1.165) is 26.1 Å². The highest BCUT2D eigenvalue weighted by Crippen LogP contribution is 2.29. The normalized spacial score (nSPS) is 10.9. The number of methoxy groups -OCH3 is 1. The molecular weight excluding hydrogens is 430 g/mol. The van der Waals surface area contributed by atoms with E-state index < -0.39 is 0 Å². The summed E-state index contributed by atoms with van der Waals surface area (Å²) >= 11 is 4.81. The van der Waals surface area contributed by atoms with Crippen LogP contribution in [0.4, 0.5) is 5.13 Å². The number of hydrogen-bond donors (Lipinski definition) is 1. The van der Waals surface area contributed by atoms with Crippen molar-refractivity contribution in [1.29, 1.82) is 0 Å². The molecule has 9 heteroatoms. The molecule has 1 amide bonds. The lowest BCUT2D eigenvalue weighted by Crippen LogP contribution is -2.14. The Morgan fingerprint density at radius 1 is 1.26 bits per heavy atom. The zero-order chi connectivity index (χ0) is 19.0. The van der Waals surface area contributed by atoms with E-state index in [1.807, 2.05) is 42.5 Å². The number of anilines is 1. The van der Waals surface area contributed by atoms with Crippen molar-refractivity contribution in [1.82, 2.24) is 20.0 Å². The molecule has 2 heterocycles. The summed E-state index contributed by atoms with van der Waals surface area (Å²) < 4.78 is 8.70. The van der Waals surface area contributed by atoms with Crippen molar-refractivity contribution in [3.63, 3.8) is 0 Å². The van der Waals surface area contributed by atoms with Gasteiger partial charge in [0.15, 0.2) is 10.8 Å². The van der Waals surface area contributed by atoms with Gasteiger partial charge in [-0.3, -0.25) is 10.1 Å². The van der Waals surface area contributed by atoms with Gasteiger partial charge in [-0.15, -0.1) is 5.10 Å². The van der Waals surface area contributed by atoms with Crippen molar-refractivity contribution in [2.24, 2.45) is 0 Å². The predicted molar refractivity (Wildman–Crippen MR) is 108 cm³/mol. The number of nitrogens with zero attached hydrogens (tertiary/aromatic N) is 4. The Labute approximate surface area is 167 Å². The van der Waals surface area contributed by atoms with Crippen LogP contribution in [0.15, 0.2) is 46.9 Å². The van der Waals surface area contributed by atoms with E-state index in [9.17, 15) is 4.79 Å². The molecule has 136 valence electrons. The maximum Gasteiger partial charge on any atom is 0.279 e. The molecule has 4 aromatic rings. The molecule has 7 nitrogen and oxygen atoms in total. The molecule has 0 atom stereocenters. The van der Waals surface area contributed by atoms with Crippen LogP contribution in [0.5, 0.6) is 5.75 Å². The van der Waals surface area contributed by atoms with Gasteiger partial charge in [-0.25, -0.2) is 9.67 Å². The monoisotopic (exact) mass is 443 g/mol. The minimum Gasteiger partial charge on any atom is -0.497 e. The molecule has 27 heavy (non-hydrogen) atoms. The van der Waals surface area contributed by atoms with Crippen molar-refractivity contribution in [3.05, 3.63) is 58.3 Å². The first-order chi connectivity index (χ1) is 13.0. The van der Waals surface area contributed by atoms with Gasteiger partial charge in [0.2, 0.25) is 0 Å². The van der Waals surface area contributed by atoms with Gasteiger partial charge in [0, 0.05) is 4.47 Å². The molecule has 2 aromatic carbocycles. The fourth-order valence-electron chi connectivity index (χ4n) is 2.63. The highest BCUT2D eigenvalue weighted by Gasteiger charge is 2.19. The first kappa shape index (κ1) is 17.6. The minimum absolute atomic E-state index is 0.256. The molecule has 0 saturated carbocycles. The summed E-state index contributed by atoms with van der Waals surface area (Å²) in [6.07, 6.45) is 0. The van der Waals surface area contributed by atoms with Crippen LogP contribution in [0, 0.1) is 6.92 Å². The third kappa shape index (κ3) is 3.43. The average molecular weight is 444 g/mol. The number of benzene rings is 2. The Morgan fingerprint density at radius 2 is 2.11 bits per heavy atom. The van der Waals surface area contributed by atoms with Gasteiger partial charge in [0.1, 0.15) is 5.75 Å². The van der Waals surface area contributed by atoms with Gasteiger partial charge in [-0.1, -0.05) is 38.5 Å². The number of hydrogen-bond acceptors (Lipinski definition) is 6. The maximum absolute atomic E-state index is 12.7. The smallest absolute Gasteiger partial charge is 0.279 e. The summed E-state index contributed by atoms with van der Waals surface area (Å²) in [6, 6.07) is 13.2. The van der Waals surface area contributed by atoms with Gasteiger partial charge in [0.05, 0.1) is 28.7 Å². The number of fused-ring (bicyclic) bond motifs is 1. The number of rotatable bonds is 4. The predicted octanol–water partition coefficient (Wildman–Crippen LogP) is 4.21. The molecule has 0 saturated heterocycles. The van der Waals surface area contributed by atoms with Crippen molar-refractivity contribution < 1.29 is 9.53 Å². The van der Waals surface area contributed by atoms with Crippen molar-refractivity contribution in [3.8, 4) is 11.4 Å². The number of carbonyl (C=O) groups is 1. The zero-order valence-corrected chi connectivity index (χ0v) is 16.8. The number of nitrogens with one attached hydrogen (secondary N) is 1. The second-order valence-corrected chi connectivity index (χ2v) is 7.67. The van der Waals surface area contributed by atoms with Gasteiger partial charge in [0.25, 0.3) is 5.91 Å². The molecule has 1 N–H and O–H groups in total. The van der Waals surface area contributed by atoms with E-state index in [1.54, 1.807) is 18.7 Å². The lowest BCUT2D eigenvalue weighted by Gasteiger charge is -2.04. The van der Waals surface area contributed by atoms with Crippen LogP contribution in [-0.4, -0.2) is 33.0 Å². The number of ether oxygens (including phenoxy) is 1. The number of amides is 1.